The van der Waals surface area contributed by atoms with E-state index >= 15 is 0 Å². The second-order valence-corrected chi connectivity index (χ2v) is 11.4. The summed E-state index contributed by atoms with van der Waals surface area (Å²) in [5.41, 5.74) is 7.90. The minimum atomic E-state index is -4.48. The van der Waals surface area contributed by atoms with Gasteiger partial charge >= 0.3 is 12.2 Å². The average molecular weight is 670 g/mol. The van der Waals surface area contributed by atoms with Crippen molar-refractivity contribution in [3.05, 3.63) is 78.1 Å². The molecule has 47 heavy (non-hydrogen) atoms. The lowest BCUT2D eigenvalue weighted by molar-refractivity contribution is -0.137. The number of pyridine rings is 1. The Morgan fingerprint density at radius 1 is 1.02 bits per heavy atom. The van der Waals surface area contributed by atoms with Crippen LogP contribution in [0.15, 0.2) is 66.9 Å². The van der Waals surface area contributed by atoms with Crippen LogP contribution in [0.1, 0.15) is 43.4 Å². The van der Waals surface area contributed by atoms with E-state index in [1.165, 1.54) is 6.07 Å². The van der Waals surface area contributed by atoms with E-state index in [4.69, 9.17) is 10.7 Å². The van der Waals surface area contributed by atoms with Crippen molar-refractivity contribution in [2.24, 2.45) is 5.73 Å². The fourth-order valence-electron chi connectivity index (χ4n) is 5.79. The summed E-state index contributed by atoms with van der Waals surface area (Å²) in [6.45, 7) is 2.24. The highest BCUT2D eigenvalue weighted by atomic mass is 35.5. The van der Waals surface area contributed by atoms with Crippen molar-refractivity contribution in [1.82, 2.24) is 25.3 Å². The van der Waals surface area contributed by atoms with E-state index in [1.54, 1.807) is 46.1 Å². The maximum absolute atomic E-state index is 13.8. The van der Waals surface area contributed by atoms with Crippen LogP contribution in [0.5, 0.6) is 0 Å². The van der Waals surface area contributed by atoms with E-state index in [-0.39, 0.29) is 30.9 Å². The lowest BCUT2D eigenvalue weighted by Gasteiger charge is -2.36. The molecule has 248 valence electrons. The number of amides is 3. The molecule has 11 nitrogen and oxygen atoms in total. The summed E-state index contributed by atoms with van der Waals surface area (Å²) in [7, 11) is 0. The van der Waals surface area contributed by atoms with Crippen LogP contribution in [0.3, 0.4) is 0 Å². The average Bonchev–Trinajstić information content (AvgIpc) is 3.70. The number of unbranched alkanes of at least 4 members (excludes halogenated alkanes) is 2. The van der Waals surface area contributed by atoms with E-state index in [2.05, 4.69) is 25.8 Å². The molecule has 4 heterocycles. The highest BCUT2D eigenvalue weighted by Crippen LogP contribution is 2.41. The Hall–Kier alpha value is -4.69. The molecule has 2 aliphatic rings. The van der Waals surface area contributed by atoms with Gasteiger partial charge in [0.1, 0.15) is 5.69 Å². The van der Waals surface area contributed by atoms with E-state index in [0.717, 1.165) is 50.0 Å². The van der Waals surface area contributed by atoms with Gasteiger partial charge in [-0.1, -0.05) is 29.8 Å². The Kier molecular flexibility index (Phi) is 10.3. The number of halogens is 4. The van der Waals surface area contributed by atoms with Gasteiger partial charge in [-0.2, -0.15) is 13.2 Å². The van der Waals surface area contributed by atoms with Gasteiger partial charge in [-0.3, -0.25) is 9.69 Å². The number of aromatic nitrogens is 4. The molecule has 4 N–H and O–H groups in total. The molecule has 0 saturated carbocycles. The molecule has 2 bridgehead atoms. The first-order valence-electron chi connectivity index (χ1n) is 15.2. The molecule has 1 saturated heterocycles. The van der Waals surface area contributed by atoms with E-state index in [0.29, 0.717) is 53.7 Å². The number of anilines is 3. The summed E-state index contributed by atoms with van der Waals surface area (Å²) in [6.07, 6.45) is 0.975. The van der Waals surface area contributed by atoms with Crippen molar-refractivity contribution in [1.29, 1.82) is 0 Å². The second-order valence-electron chi connectivity index (χ2n) is 11.4. The topological polar surface area (TPSA) is 134 Å². The first-order chi connectivity index (χ1) is 22.2. The summed E-state index contributed by atoms with van der Waals surface area (Å²) in [4.78, 5) is 34.4. The number of urea groups is 1. The number of nitrogens with two attached hydrogens (primary N) is 1. The van der Waals surface area contributed by atoms with Gasteiger partial charge in [0, 0.05) is 30.8 Å². The summed E-state index contributed by atoms with van der Waals surface area (Å²) in [6, 6.07) is 15.1. The summed E-state index contributed by atoms with van der Waals surface area (Å²) >= 11 is 0. The summed E-state index contributed by atoms with van der Waals surface area (Å²) < 4.78 is 41.7. The van der Waals surface area contributed by atoms with Crippen LogP contribution < -0.4 is 26.2 Å². The maximum Gasteiger partial charge on any atom is 0.416 e. The molecule has 6 rings (SSSR count). The standard InChI is InChI=1S/C32H34F3N9O2.ClH/c33-32(34,35)22-7-4-6-21(16-22)27-11-12-28-30(39-27)44(26-13-15-42(28)20-26)31(46)38-23-8-5-9-25(17-23)43-19-24(40-41-43)18-37-29(45)10-2-1-3-14-36;/h4-9,11-12,16-17,19,26H,1-3,10,13-15,18,20,36H2,(H,37,45)(H,38,46);1H/t26-;/m0./s1. The van der Waals surface area contributed by atoms with Crippen LogP contribution in [-0.2, 0) is 17.5 Å². The van der Waals surface area contributed by atoms with E-state index in [9.17, 15) is 22.8 Å². The quantitative estimate of drug-likeness (QED) is 0.189. The molecule has 0 aliphatic carbocycles. The smallest absolute Gasteiger partial charge is 0.366 e. The van der Waals surface area contributed by atoms with Crippen LogP contribution >= 0.6 is 12.4 Å². The molecule has 0 radical (unpaired) electrons. The Labute approximate surface area is 275 Å². The van der Waals surface area contributed by atoms with Crippen LogP contribution in [0.4, 0.5) is 35.2 Å². The number of fused-ring (bicyclic) bond motifs is 4. The van der Waals surface area contributed by atoms with Crippen molar-refractivity contribution in [2.75, 3.05) is 34.8 Å². The van der Waals surface area contributed by atoms with Crippen LogP contribution in [0.25, 0.3) is 16.9 Å². The van der Waals surface area contributed by atoms with Gasteiger partial charge < -0.3 is 21.3 Å². The zero-order valence-corrected chi connectivity index (χ0v) is 26.2. The van der Waals surface area contributed by atoms with Crippen molar-refractivity contribution in [2.45, 2.75) is 50.9 Å². The molecule has 15 heteroatoms. The first-order valence-corrected chi connectivity index (χ1v) is 15.2. The summed E-state index contributed by atoms with van der Waals surface area (Å²) in [5.74, 6) is 0.344. The van der Waals surface area contributed by atoms with E-state index < -0.39 is 17.8 Å². The molecule has 3 amide bonds. The van der Waals surface area contributed by atoms with Gasteiger partial charge in [0.05, 0.1) is 41.4 Å². The molecular formula is C32H35ClF3N9O2. The van der Waals surface area contributed by atoms with Gasteiger partial charge in [0.2, 0.25) is 5.91 Å². The lowest BCUT2D eigenvalue weighted by atomic mass is 10.1. The number of carbonyl (C=O) groups is 2. The first kappa shape index (κ1) is 33.7. The zero-order valence-electron chi connectivity index (χ0n) is 25.4. The largest absolute Gasteiger partial charge is 0.416 e. The Balaban J connectivity index is 0.00000433. The SMILES string of the molecule is Cl.NCCCCCC(=O)NCc1cn(-c2cccc(NC(=O)N3c4nc(-c5cccc(C(F)(F)F)c5)ccc4N4CC[C@H]3C4)c2)nn1. The molecule has 2 aromatic heterocycles. The van der Waals surface area contributed by atoms with Gasteiger partial charge in [-0.15, -0.1) is 17.5 Å². The molecule has 2 aromatic carbocycles. The molecule has 1 fully saturated rings. The normalized spacial score (nSPS) is 15.2. The number of nitrogens with zero attached hydrogens (tertiary/aromatic N) is 6. The number of hydrogen-bond donors (Lipinski definition) is 3. The third-order valence-corrected chi connectivity index (χ3v) is 8.13. The third-order valence-electron chi connectivity index (χ3n) is 8.13. The van der Waals surface area contributed by atoms with Crippen LogP contribution in [0.2, 0.25) is 0 Å². The summed E-state index contributed by atoms with van der Waals surface area (Å²) in [5, 5.41) is 14.1. The molecule has 0 unspecified atom stereocenters. The van der Waals surface area contributed by atoms with Crippen molar-refractivity contribution in [3.8, 4) is 16.9 Å². The molecule has 2 aliphatic heterocycles. The van der Waals surface area contributed by atoms with E-state index in [1.807, 2.05) is 12.1 Å². The lowest BCUT2D eigenvalue weighted by Crippen LogP contribution is -2.48. The van der Waals surface area contributed by atoms with Crippen molar-refractivity contribution < 1.29 is 22.8 Å². The number of hydrogen-bond acceptors (Lipinski definition) is 7. The highest BCUT2D eigenvalue weighted by Gasteiger charge is 2.40. The Morgan fingerprint density at radius 2 is 1.85 bits per heavy atom. The van der Waals surface area contributed by atoms with Gasteiger partial charge in [-0.25, -0.2) is 14.5 Å². The number of alkyl halides is 3. The Bertz CT molecular complexity index is 1730. The number of carbonyl (C=O) groups excluding carboxylic acids is 2. The van der Waals surface area contributed by atoms with Crippen LogP contribution in [-0.4, -0.2) is 57.6 Å². The molecular weight excluding hydrogens is 635 g/mol. The second kappa shape index (κ2) is 14.4. The van der Waals surface area contributed by atoms with Gasteiger partial charge in [0.15, 0.2) is 5.82 Å². The predicted octanol–water partition coefficient (Wildman–Crippen LogP) is 5.54. The Morgan fingerprint density at radius 3 is 2.66 bits per heavy atom. The minimum absolute atomic E-state index is 0. The van der Waals surface area contributed by atoms with Crippen LogP contribution in [0, 0.1) is 0 Å². The molecule has 4 aromatic rings. The van der Waals surface area contributed by atoms with Crippen molar-refractivity contribution >= 4 is 41.5 Å². The number of nitrogens with one attached hydrogen (secondary N) is 2. The van der Waals surface area contributed by atoms with Gasteiger partial charge in [0.25, 0.3) is 0 Å². The van der Waals surface area contributed by atoms with Crippen molar-refractivity contribution in [3.63, 3.8) is 0 Å². The minimum Gasteiger partial charge on any atom is -0.366 e. The number of rotatable bonds is 10. The molecule has 0 spiro atoms. The maximum atomic E-state index is 13.8. The fraction of sp³-hybridized carbons (Fsp3) is 0.344. The third kappa shape index (κ3) is 7.66. The highest BCUT2D eigenvalue weighted by molar-refractivity contribution is 6.05. The fourth-order valence-corrected chi connectivity index (χ4v) is 5.79. The van der Waals surface area contributed by atoms with Gasteiger partial charge in [-0.05, 0) is 68.3 Å². The molecule has 1 atom stereocenters. The predicted molar refractivity (Wildman–Crippen MR) is 175 cm³/mol. The zero-order chi connectivity index (χ0) is 32.3. The number of benzene rings is 2. The monoisotopic (exact) mass is 669 g/mol.